The molecule has 0 saturated carbocycles. The van der Waals surface area contributed by atoms with E-state index >= 15 is 0 Å². The van der Waals surface area contributed by atoms with Gasteiger partial charge >= 0.3 is 0 Å². The molecule has 21 heavy (non-hydrogen) atoms. The molecule has 2 rings (SSSR count). The lowest BCUT2D eigenvalue weighted by molar-refractivity contribution is 0.102. The van der Waals surface area contributed by atoms with Gasteiger partial charge in [0.15, 0.2) is 0 Å². The standard InChI is InChI=1S/C16H13FN2O2/c1-11-6-7-13(17)10-14(11)19-16(21)15-12(5-3-9-20)4-2-8-18-15/h2,4,6-8,10,20H,9H2,1H3,(H,19,21). The van der Waals surface area contributed by atoms with E-state index < -0.39 is 11.7 Å². The molecule has 0 aliphatic carbocycles. The van der Waals surface area contributed by atoms with Crippen LogP contribution in [0.3, 0.4) is 0 Å². The lowest BCUT2D eigenvalue weighted by Gasteiger charge is -2.09. The van der Waals surface area contributed by atoms with Gasteiger partial charge in [0, 0.05) is 11.9 Å². The van der Waals surface area contributed by atoms with Gasteiger partial charge in [0.2, 0.25) is 0 Å². The number of hydrogen-bond donors (Lipinski definition) is 2. The number of aliphatic hydroxyl groups excluding tert-OH is 1. The third-order valence-electron chi connectivity index (χ3n) is 2.77. The van der Waals surface area contributed by atoms with E-state index in [2.05, 4.69) is 22.1 Å². The van der Waals surface area contributed by atoms with Crippen molar-refractivity contribution in [3.63, 3.8) is 0 Å². The van der Waals surface area contributed by atoms with E-state index in [1.54, 1.807) is 25.1 Å². The molecule has 0 atom stereocenters. The van der Waals surface area contributed by atoms with Crippen molar-refractivity contribution < 1.29 is 14.3 Å². The van der Waals surface area contributed by atoms with Crippen molar-refractivity contribution >= 4 is 11.6 Å². The molecular weight excluding hydrogens is 271 g/mol. The smallest absolute Gasteiger partial charge is 0.275 e. The summed E-state index contributed by atoms with van der Waals surface area (Å²) in [6.07, 6.45) is 1.47. The number of rotatable bonds is 2. The summed E-state index contributed by atoms with van der Waals surface area (Å²) in [6, 6.07) is 7.42. The summed E-state index contributed by atoms with van der Waals surface area (Å²) in [5.74, 6) is 4.21. The van der Waals surface area contributed by atoms with Gasteiger partial charge in [0.1, 0.15) is 18.1 Å². The molecule has 0 radical (unpaired) electrons. The number of aliphatic hydroxyl groups is 1. The van der Waals surface area contributed by atoms with Crippen LogP contribution in [0.1, 0.15) is 21.6 Å². The van der Waals surface area contributed by atoms with Crippen LogP contribution in [0.5, 0.6) is 0 Å². The molecule has 4 nitrogen and oxygen atoms in total. The number of anilines is 1. The Morgan fingerprint density at radius 2 is 2.24 bits per heavy atom. The van der Waals surface area contributed by atoms with Crippen molar-refractivity contribution in [2.24, 2.45) is 0 Å². The summed E-state index contributed by atoms with van der Waals surface area (Å²) in [7, 11) is 0. The molecule has 0 saturated heterocycles. The van der Waals surface area contributed by atoms with Gasteiger partial charge in [-0.05, 0) is 36.8 Å². The highest BCUT2D eigenvalue weighted by atomic mass is 19.1. The lowest BCUT2D eigenvalue weighted by Crippen LogP contribution is -2.16. The molecule has 1 aromatic carbocycles. The maximum absolute atomic E-state index is 13.2. The highest BCUT2D eigenvalue weighted by molar-refractivity contribution is 6.04. The van der Waals surface area contributed by atoms with E-state index in [1.807, 2.05) is 0 Å². The normalized spacial score (nSPS) is 9.67. The number of carbonyl (C=O) groups excluding carboxylic acids is 1. The highest BCUT2D eigenvalue weighted by Gasteiger charge is 2.13. The van der Waals surface area contributed by atoms with Crippen molar-refractivity contribution in [1.82, 2.24) is 4.98 Å². The van der Waals surface area contributed by atoms with Gasteiger partial charge in [-0.25, -0.2) is 9.37 Å². The van der Waals surface area contributed by atoms with E-state index in [9.17, 15) is 9.18 Å². The second kappa shape index (κ2) is 6.64. The Labute approximate surface area is 121 Å². The van der Waals surface area contributed by atoms with Crippen LogP contribution in [0.2, 0.25) is 0 Å². The van der Waals surface area contributed by atoms with Gasteiger partial charge in [-0.2, -0.15) is 0 Å². The van der Waals surface area contributed by atoms with Gasteiger partial charge in [0.25, 0.3) is 5.91 Å². The van der Waals surface area contributed by atoms with Crippen LogP contribution >= 0.6 is 0 Å². The Balaban J connectivity index is 2.31. The number of nitrogens with one attached hydrogen (secondary N) is 1. The predicted molar refractivity (Wildman–Crippen MR) is 77.3 cm³/mol. The summed E-state index contributed by atoms with van der Waals surface area (Å²) < 4.78 is 13.2. The van der Waals surface area contributed by atoms with Crippen molar-refractivity contribution in [2.75, 3.05) is 11.9 Å². The van der Waals surface area contributed by atoms with Crippen LogP contribution in [0.4, 0.5) is 10.1 Å². The minimum absolute atomic E-state index is 0.127. The zero-order valence-electron chi connectivity index (χ0n) is 11.4. The molecule has 1 amide bonds. The number of benzene rings is 1. The predicted octanol–water partition coefficient (Wildman–Crippen LogP) is 2.13. The van der Waals surface area contributed by atoms with Crippen molar-refractivity contribution in [3.8, 4) is 11.8 Å². The Hall–Kier alpha value is -2.71. The van der Waals surface area contributed by atoms with Gasteiger partial charge in [-0.1, -0.05) is 17.9 Å². The van der Waals surface area contributed by atoms with E-state index in [4.69, 9.17) is 5.11 Å². The first-order valence-corrected chi connectivity index (χ1v) is 6.24. The Bertz CT molecular complexity index is 733. The molecule has 5 heteroatoms. The van der Waals surface area contributed by atoms with Crippen LogP contribution in [0, 0.1) is 24.6 Å². The number of pyridine rings is 1. The fourth-order valence-corrected chi connectivity index (χ4v) is 1.73. The van der Waals surface area contributed by atoms with Crippen LogP contribution in [0.25, 0.3) is 0 Å². The number of aryl methyl sites for hydroxylation is 1. The summed E-state index contributed by atoms with van der Waals surface area (Å²) in [4.78, 5) is 16.2. The van der Waals surface area contributed by atoms with E-state index in [0.717, 1.165) is 5.56 Å². The summed E-state index contributed by atoms with van der Waals surface area (Å²) in [5.41, 5.74) is 1.65. The number of halogens is 1. The number of amides is 1. The third kappa shape index (κ3) is 3.65. The van der Waals surface area contributed by atoms with Crippen molar-refractivity contribution in [2.45, 2.75) is 6.92 Å². The Morgan fingerprint density at radius 1 is 1.43 bits per heavy atom. The topological polar surface area (TPSA) is 62.2 Å². The fourth-order valence-electron chi connectivity index (χ4n) is 1.73. The highest BCUT2D eigenvalue weighted by Crippen LogP contribution is 2.17. The molecule has 0 bridgehead atoms. The van der Waals surface area contributed by atoms with E-state index in [-0.39, 0.29) is 12.3 Å². The molecule has 2 aromatic rings. The zero-order chi connectivity index (χ0) is 15.2. The monoisotopic (exact) mass is 284 g/mol. The van der Waals surface area contributed by atoms with E-state index in [1.165, 1.54) is 18.3 Å². The molecule has 0 aliphatic rings. The summed E-state index contributed by atoms with van der Waals surface area (Å²) in [6.45, 7) is 1.46. The molecule has 1 heterocycles. The van der Waals surface area contributed by atoms with Crippen LogP contribution < -0.4 is 5.32 Å². The number of carbonyl (C=O) groups is 1. The first-order valence-electron chi connectivity index (χ1n) is 6.24. The maximum Gasteiger partial charge on any atom is 0.275 e. The van der Waals surface area contributed by atoms with Crippen molar-refractivity contribution in [1.29, 1.82) is 0 Å². The quantitative estimate of drug-likeness (QED) is 0.830. The molecule has 2 N–H and O–H groups in total. The fraction of sp³-hybridized carbons (Fsp3) is 0.125. The number of hydrogen-bond acceptors (Lipinski definition) is 3. The molecule has 0 aliphatic heterocycles. The van der Waals surface area contributed by atoms with Crippen LogP contribution in [-0.4, -0.2) is 22.6 Å². The summed E-state index contributed by atoms with van der Waals surface area (Å²) in [5, 5.41) is 11.3. The molecule has 0 fully saturated rings. The Kier molecular flexibility index (Phi) is 4.64. The molecule has 0 spiro atoms. The van der Waals surface area contributed by atoms with Gasteiger partial charge < -0.3 is 10.4 Å². The zero-order valence-corrected chi connectivity index (χ0v) is 11.4. The molecule has 106 valence electrons. The molecule has 1 aromatic heterocycles. The summed E-state index contributed by atoms with van der Waals surface area (Å²) >= 11 is 0. The second-order valence-electron chi connectivity index (χ2n) is 4.27. The molecular formula is C16H13FN2O2. The minimum atomic E-state index is -0.480. The van der Waals surface area contributed by atoms with Gasteiger partial charge in [0.05, 0.1) is 5.56 Å². The van der Waals surface area contributed by atoms with E-state index in [0.29, 0.717) is 11.3 Å². The van der Waals surface area contributed by atoms with Crippen LogP contribution in [0.15, 0.2) is 36.5 Å². The first kappa shape index (κ1) is 14.7. The Morgan fingerprint density at radius 3 is 3.00 bits per heavy atom. The van der Waals surface area contributed by atoms with Gasteiger partial charge in [-0.3, -0.25) is 4.79 Å². The first-order chi connectivity index (χ1) is 10.1. The SMILES string of the molecule is Cc1ccc(F)cc1NC(=O)c1ncccc1C#CCO. The lowest BCUT2D eigenvalue weighted by atomic mass is 10.1. The maximum atomic E-state index is 13.2. The number of aromatic nitrogens is 1. The average Bonchev–Trinajstić information content (AvgIpc) is 2.49. The number of nitrogens with zero attached hydrogens (tertiary/aromatic N) is 1. The largest absolute Gasteiger partial charge is 0.384 e. The second-order valence-corrected chi connectivity index (χ2v) is 4.27. The van der Waals surface area contributed by atoms with Crippen LogP contribution in [-0.2, 0) is 0 Å². The minimum Gasteiger partial charge on any atom is -0.384 e. The molecule has 0 unspecified atom stereocenters. The van der Waals surface area contributed by atoms with Gasteiger partial charge in [-0.15, -0.1) is 0 Å². The van der Waals surface area contributed by atoms with Crippen molar-refractivity contribution in [3.05, 3.63) is 59.2 Å². The average molecular weight is 284 g/mol. The third-order valence-corrected chi connectivity index (χ3v) is 2.77.